The molecule has 0 spiro atoms. The first-order valence-corrected chi connectivity index (χ1v) is 8.88. The van der Waals surface area contributed by atoms with Crippen LogP contribution in [0.3, 0.4) is 0 Å². The van der Waals surface area contributed by atoms with Crippen molar-refractivity contribution in [2.24, 2.45) is 0 Å². The predicted octanol–water partition coefficient (Wildman–Crippen LogP) is 3.94. The summed E-state index contributed by atoms with van der Waals surface area (Å²) in [5.41, 5.74) is 1.73. The molecule has 2 aromatic rings. The lowest BCUT2D eigenvalue weighted by molar-refractivity contribution is -0.384. The van der Waals surface area contributed by atoms with E-state index in [0.717, 1.165) is 36.3 Å². The highest BCUT2D eigenvalue weighted by Crippen LogP contribution is 2.23. The Morgan fingerprint density at radius 3 is 2.58 bits per heavy atom. The van der Waals surface area contributed by atoms with Crippen molar-refractivity contribution >= 4 is 23.3 Å². The Morgan fingerprint density at radius 1 is 1.31 bits per heavy atom. The zero-order valence-corrected chi connectivity index (χ0v) is 15.7. The molecule has 0 saturated carbocycles. The number of carbonyl (C=O) groups is 1. The van der Waals surface area contributed by atoms with E-state index in [1.54, 1.807) is 12.1 Å². The molecule has 0 bridgehead atoms. The van der Waals surface area contributed by atoms with Gasteiger partial charge in [0.2, 0.25) is 0 Å². The molecule has 0 aliphatic heterocycles. The summed E-state index contributed by atoms with van der Waals surface area (Å²) < 4.78 is 6.70. The van der Waals surface area contributed by atoms with E-state index in [1.807, 2.05) is 4.57 Å². The van der Waals surface area contributed by atoms with Crippen LogP contribution in [0.15, 0.2) is 24.3 Å². The fourth-order valence-electron chi connectivity index (χ4n) is 2.68. The lowest BCUT2D eigenvalue weighted by atomic mass is 10.1. The first-order valence-electron chi connectivity index (χ1n) is 8.50. The number of rotatable bonds is 9. The van der Waals surface area contributed by atoms with E-state index in [-0.39, 0.29) is 18.1 Å². The van der Waals surface area contributed by atoms with Crippen LogP contribution in [0.4, 0.5) is 5.69 Å². The summed E-state index contributed by atoms with van der Waals surface area (Å²) in [7, 11) is 1.35. The third-order valence-electron chi connectivity index (χ3n) is 4.14. The first-order chi connectivity index (χ1) is 12.5. The molecular formula is C18H22ClN3O4. The molecule has 2 rings (SSSR count). The number of nitrogens with zero attached hydrogens (tertiary/aromatic N) is 3. The van der Waals surface area contributed by atoms with Crippen LogP contribution in [0.25, 0.3) is 0 Å². The molecule has 0 aliphatic carbocycles. The smallest absolute Gasteiger partial charge is 0.305 e. The van der Waals surface area contributed by atoms with Gasteiger partial charge < -0.3 is 9.30 Å². The van der Waals surface area contributed by atoms with Gasteiger partial charge >= 0.3 is 5.97 Å². The molecule has 1 aromatic heterocycles. The molecule has 26 heavy (non-hydrogen) atoms. The number of hydrogen-bond acceptors (Lipinski definition) is 5. The number of halogens is 1. The maximum Gasteiger partial charge on any atom is 0.305 e. The minimum absolute atomic E-state index is 0.0505. The maximum atomic E-state index is 11.5. The third kappa shape index (κ3) is 5.05. The second-order valence-electron chi connectivity index (χ2n) is 5.95. The number of aromatic nitrogens is 2. The van der Waals surface area contributed by atoms with Crippen molar-refractivity contribution in [2.45, 2.75) is 45.6 Å². The second kappa shape index (κ2) is 9.33. The van der Waals surface area contributed by atoms with Gasteiger partial charge in [-0.25, -0.2) is 4.98 Å². The number of benzene rings is 1. The topological polar surface area (TPSA) is 87.3 Å². The van der Waals surface area contributed by atoms with Crippen LogP contribution < -0.4 is 0 Å². The highest BCUT2D eigenvalue weighted by Gasteiger charge is 2.17. The van der Waals surface area contributed by atoms with E-state index in [0.29, 0.717) is 18.1 Å². The number of esters is 1. The number of hydrogen-bond donors (Lipinski definition) is 0. The Morgan fingerprint density at radius 2 is 2.00 bits per heavy atom. The van der Waals surface area contributed by atoms with Crippen molar-refractivity contribution in [2.75, 3.05) is 7.11 Å². The lowest BCUT2D eigenvalue weighted by Gasteiger charge is -2.12. The summed E-state index contributed by atoms with van der Waals surface area (Å²) in [6.07, 6.45) is 3.43. The average Bonchev–Trinajstić information content (AvgIpc) is 2.93. The van der Waals surface area contributed by atoms with Crippen LogP contribution in [0, 0.1) is 10.1 Å². The molecule has 140 valence electrons. The number of unbranched alkanes of at least 4 members (excludes halogenated alkanes) is 1. The molecular weight excluding hydrogens is 358 g/mol. The molecule has 8 heteroatoms. The van der Waals surface area contributed by atoms with Crippen molar-refractivity contribution in [3.63, 3.8) is 0 Å². The fraction of sp³-hybridized carbons (Fsp3) is 0.444. The van der Waals surface area contributed by atoms with Crippen molar-refractivity contribution in [1.82, 2.24) is 9.55 Å². The quantitative estimate of drug-likeness (QED) is 0.374. The van der Waals surface area contributed by atoms with Crippen molar-refractivity contribution in [3.05, 3.63) is 56.6 Å². The normalized spacial score (nSPS) is 10.7. The van der Waals surface area contributed by atoms with E-state index >= 15 is 0 Å². The van der Waals surface area contributed by atoms with Gasteiger partial charge in [0.25, 0.3) is 5.69 Å². The van der Waals surface area contributed by atoms with Crippen LogP contribution >= 0.6 is 11.6 Å². The molecule has 1 aromatic carbocycles. The molecule has 7 nitrogen and oxygen atoms in total. The summed E-state index contributed by atoms with van der Waals surface area (Å²) in [6, 6.07) is 6.40. The largest absolute Gasteiger partial charge is 0.469 e. The Bertz CT molecular complexity index is 771. The lowest BCUT2D eigenvalue weighted by Crippen LogP contribution is -2.11. The fourth-order valence-corrected chi connectivity index (χ4v) is 2.98. The van der Waals surface area contributed by atoms with Crippen molar-refractivity contribution in [3.8, 4) is 0 Å². The van der Waals surface area contributed by atoms with Crippen LogP contribution in [-0.2, 0) is 28.9 Å². The monoisotopic (exact) mass is 379 g/mol. The van der Waals surface area contributed by atoms with E-state index in [1.165, 1.54) is 19.2 Å². The highest BCUT2D eigenvalue weighted by atomic mass is 35.5. The van der Waals surface area contributed by atoms with Crippen LogP contribution in [0.5, 0.6) is 0 Å². The zero-order chi connectivity index (χ0) is 19.1. The molecule has 0 amide bonds. The van der Waals surface area contributed by atoms with Gasteiger partial charge in [-0.1, -0.05) is 37.1 Å². The number of nitro benzene ring substituents is 1. The van der Waals surface area contributed by atoms with Gasteiger partial charge in [-0.3, -0.25) is 14.9 Å². The standard InChI is InChI=1S/C18H22ClN3O4/c1-3-4-5-16-20-18(19)15(10-11-17(23)26-2)21(16)12-13-6-8-14(9-7-13)22(24)25/h6-9H,3-5,10-12H2,1-2H3. The number of aryl methyl sites for hydroxylation is 1. The Kier molecular flexibility index (Phi) is 7.15. The summed E-state index contributed by atoms with van der Waals surface area (Å²) in [5, 5.41) is 11.2. The number of ether oxygens (including phenoxy) is 1. The van der Waals surface area contributed by atoms with Crippen LogP contribution in [0.2, 0.25) is 5.15 Å². The van der Waals surface area contributed by atoms with Gasteiger partial charge in [-0.05, 0) is 12.0 Å². The Labute approximate surface area is 157 Å². The highest BCUT2D eigenvalue weighted by molar-refractivity contribution is 6.30. The number of methoxy groups -OCH3 is 1. The van der Waals surface area contributed by atoms with Crippen LogP contribution in [-0.4, -0.2) is 27.6 Å². The molecule has 0 aliphatic rings. The third-order valence-corrected chi connectivity index (χ3v) is 4.44. The minimum Gasteiger partial charge on any atom is -0.469 e. The Hall–Kier alpha value is -2.41. The second-order valence-corrected chi connectivity index (χ2v) is 6.31. The molecule has 0 N–H and O–H groups in total. The Balaban J connectivity index is 2.29. The summed E-state index contributed by atoms with van der Waals surface area (Å²) >= 11 is 6.32. The summed E-state index contributed by atoms with van der Waals surface area (Å²) in [4.78, 5) is 26.3. The molecule has 0 fully saturated rings. The molecule has 0 atom stereocenters. The molecule has 1 heterocycles. The van der Waals surface area contributed by atoms with E-state index in [9.17, 15) is 14.9 Å². The predicted molar refractivity (Wildman–Crippen MR) is 98.4 cm³/mol. The zero-order valence-electron chi connectivity index (χ0n) is 14.9. The van der Waals surface area contributed by atoms with Crippen molar-refractivity contribution in [1.29, 1.82) is 0 Å². The van der Waals surface area contributed by atoms with Gasteiger partial charge in [0.05, 0.1) is 24.1 Å². The van der Waals surface area contributed by atoms with E-state index in [2.05, 4.69) is 11.9 Å². The average molecular weight is 380 g/mol. The summed E-state index contributed by atoms with van der Waals surface area (Å²) in [6.45, 7) is 2.59. The van der Waals surface area contributed by atoms with E-state index < -0.39 is 4.92 Å². The number of imidazole rings is 1. The summed E-state index contributed by atoms with van der Waals surface area (Å²) in [5.74, 6) is 0.550. The van der Waals surface area contributed by atoms with Gasteiger partial charge in [0.1, 0.15) is 5.82 Å². The van der Waals surface area contributed by atoms with Crippen molar-refractivity contribution < 1.29 is 14.5 Å². The SMILES string of the molecule is CCCCc1nc(Cl)c(CCC(=O)OC)n1Cc1ccc([N+](=O)[O-])cc1. The van der Waals surface area contributed by atoms with Gasteiger partial charge in [0, 0.05) is 31.5 Å². The first kappa shape index (κ1) is 19.9. The molecule has 0 radical (unpaired) electrons. The number of non-ortho nitro benzene ring substituents is 1. The maximum absolute atomic E-state index is 11.5. The van der Waals surface area contributed by atoms with E-state index in [4.69, 9.17) is 16.3 Å². The minimum atomic E-state index is -0.424. The molecule has 0 saturated heterocycles. The number of carbonyl (C=O) groups excluding carboxylic acids is 1. The van der Waals surface area contributed by atoms with Gasteiger partial charge in [-0.15, -0.1) is 0 Å². The van der Waals surface area contributed by atoms with Gasteiger partial charge in [-0.2, -0.15) is 0 Å². The molecule has 0 unspecified atom stereocenters. The number of nitro groups is 1. The van der Waals surface area contributed by atoms with Gasteiger partial charge in [0.15, 0.2) is 5.15 Å². The van der Waals surface area contributed by atoms with Crippen LogP contribution in [0.1, 0.15) is 43.3 Å².